The molecule has 3 aromatic heterocycles. The summed E-state index contributed by atoms with van der Waals surface area (Å²) >= 11 is 6.13. The summed E-state index contributed by atoms with van der Waals surface area (Å²) in [6.07, 6.45) is 11.4. The molecule has 7 nitrogen and oxygen atoms in total. The first-order valence-corrected chi connectivity index (χ1v) is 13.1. The molecule has 182 valence electrons. The molecule has 4 heterocycles. The van der Waals surface area contributed by atoms with E-state index in [0.717, 1.165) is 48.5 Å². The van der Waals surface area contributed by atoms with E-state index in [1.54, 1.807) is 0 Å². The first kappa shape index (κ1) is 21.8. The molecule has 1 N–H and O–H groups in total. The highest BCUT2D eigenvalue weighted by molar-refractivity contribution is 6.30. The van der Waals surface area contributed by atoms with Crippen molar-refractivity contribution < 1.29 is 4.79 Å². The summed E-state index contributed by atoms with van der Waals surface area (Å²) in [6, 6.07) is 14.2. The molecule has 0 bridgehead atoms. The zero-order valence-corrected chi connectivity index (χ0v) is 20.6. The molecular weight excluding hydrogens is 472 g/mol. The van der Waals surface area contributed by atoms with E-state index in [2.05, 4.69) is 49.1 Å². The molecule has 36 heavy (non-hydrogen) atoms. The first-order valence-electron chi connectivity index (χ1n) is 12.8. The molecule has 1 aromatic carbocycles. The van der Waals surface area contributed by atoms with Crippen LogP contribution in [0.1, 0.15) is 66.8 Å². The molecule has 1 aliphatic heterocycles. The van der Waals surface area contributed by atoms with Crippen molar-refractivity contribution in [3.05, 3.63) is 83.0 Å². The first-order chi connectivity index (χ1) is 17.6. The number of anilines is 2. The molecule has 3 atom stereocenters. The SMILES string of the molecule is O=C(Nc1cc(N2CCC[C@@H]2c2cn3cc(C4CC4)ccc3n2)ncn1)[C@H]1C[C@@H]1c1cccc(Cl)c1. The van der Waals surface area contributed by atoms with E-state index >= 15 is 0 Å². The van der Waals surface area contributed by atoms with E-state index < -0.39 is 0 Å². The van der Waals surface area contributed by atoms with Gasteiger partial charge in [-0.3, -0.25) is 4.79 Å². The van der Waals surface area contributed by atoms with Crippen molar-refractivity contribution >= 4 is 34.8 Å². The molecule has 0 unspecified atom stereocenters. The fourth-order valence-corrected chi connectivity index (χ4v) is 5.78. The van der Waals surface area contributed by atoms with Crippen LogP contribution in [0.25, 0.3) is 5.65 Å². The number of halogens is 1. The lowest BCUT2D eigenvalue weighted by molar-refractivity contribution is -0.117. The molecule has 3 aliphatic rings. The lowest BCUT2D eigenvalue weighted by Crippen LogP contribution is -2.24. The van der Waals surface area contributed by atoms with Crippen molar-refractivity contribution in [2.24, 2.45) is 5.92 Å². The number of carbonyl (C=O) groups excluding carboxylic acids is 1. The van der Waals surface area contributed by atoms with Gasteiger partial charge in [0.1, 0.15) is 23.6 Å². The third-order valence-corrected chi connectivity index (χ3v) is 7.97. The minimum absolute atomic E-state index is 0.00517. The second-order valence-electron chi connectivity index (χ2n) is 10.3. The van der Waals surface area contributed by atoms with Crippen molar-refractivity contribution in [1.82, 2.24) is 19.4 Å². The summed E-state index contributed by atoms with van der Waals surface area (Å²) in [7, 11) is 0. The Balaban J connectivity index is 1.07. The zero-order chi connectivity index (χ0) is 24.2. The smallest absolute Gasteiger partial charge is 0.229 e. The van der Waals surface area contributed by atoms with Gasteiger partial charge in [0.25, 0.3) is 0 Å². The number of nitrogens with one attached hydrogen (secondary N) is 1. The molecule has 1 saturated heterocycles. The van der Waals surface area contributed by atoms with Gasteiger partial charge in [-0.2, -0.15) is 0 Å². The van der Waals surface area contributed by atoms with Crippen LogP contribution < -0.4 is 10.2 Å². The van der Waals surface area contributed by atoms with Crippen LogP contribution in [0.15, 0.2) is 61.2 Å². The number of carbonyl (C=O) groups is 1. The molecule has 1 amide bonds. The Morgan fingerprint density at radius 1 is 1.03 bits per heavy atom. The van der Waals surface area contributed by atoms with Gasteiger partial charge >= 0.3 is 0 Å². The number of rotatable bonds is 6. The Labute approximate surface area is 214 Å². The zero-order valence-electron chi connectivity index (χ0n) is 19.8. The summed E-state index contributed by atoms with van der Waals surface area (Å²) in [4.78, 5) is 29.0. The van der Waals surface area contributed by atoms with Crippen molar-refractivity contribution in [1.29, 1.82) is 0 Å². The standard InChI is InChI=1S/C28H27ClN6O/c29-20-4-1-3-18(11-20)21-12-22(21)28(36)33-25-13-27(31-16-30-25)35-10-2-5-24(35)23-15-34-14-19(17-6-7-17)8-9-26(34)32-23/h1,3-4,8-9,11,13-17,21-22,24H,2,5-7,10,12H2,(H,30,31,33,36)/t21-,22+,24-/m1/s1. The number of amides is 1. The number of imidazole rings is 1. The number of benzene rings is 1. The second kappa shape index (κ2) is 8.59. The van der Waals surface area contributed by atoms with Gasteiger partial charge in [0, 0.05) is 35.9 Å². The van der Waals surface area contributed by atoms with E-state index in [1.807, 2.05) is 30.3 Å². The molecule has 0 spiro atoms. The summed E-state index contributed by atoms with van der Waals surface area (Å²) in [5.41, 5.74) is 4.56. The average Bonchev–Trinajstić information content (AvgIpc) is 3.79. The second-order valence-corrected chi connectivity index (χ2v) is 10.7. The van der Waals surface area contributed by atoms with Crippen LogP contribution in [0.3, 0.4) is 0 Å². The fourth-order valence-electron chi connectivity index (χ4n) is 5.58. The molecule has 2 aliphatic carbocycles. The van der Waals surface area contributed by atoms with Gasteiger partial charge in [0.15, 0.2) is 0 Å². The predicted octanol–water partition coefficient (Wildman–Crippen LogP) is 5.74. The number of hydrogen-bond donors (Lipinski definition) is 1. The minimum atomic E-state index is -0.0556. The predicted molar refractivity (Wildman–Crippen MR) is 139 cm³/mol. The van der Waals surface area contributed by atoms with Crippen LogP contribution in [-0.4, -0.2) is 31.8 Å². The highest BCUT2D eigenvalue weighted by Gasteiger charge is 2.44. The third-order valence-electron chi connectivity index (χ3n) is 7.74. The number of hydrogen-bond acceptors (Lipinski definition) is 5. The van der Waals surface area contributed by atoms with E-state index in [0.29, 0.717) is 16.8 Å². The Morgan fingerprint density at radius 3 is 2.81 bits per heavy atom. The maximum atomic E-state index is 12.9. The molecular formula is C28H27ClN6O. The van der Waals surface area contributed by atoms with Crippen LogP contribution in [0.5, 0.6) is 0 Å². The van der Waals surface area contributed by atoms with Crippen LogP contribution in [0.2, 0.25) is 5.02 Å². The quantitative estimate of drug-likeness (QED) is 0.367. The van der Waals surface area contributed by atoms with Crippen molar-refractivity contribution in [3.63, 3.8) is 0 Å². The lowest BCUT2D eigenvalue weighted by Gasteiger charge is -2.24. The number of nitrogens with zero attached hydrogens (tertiary/aromatic N) is 5. The average molecular weight is 499 g/mol. The molecule has 7 rings (SSSR count). The van der Waals surface area contributed by atoms with Gasteiger partial charge in [0.05, 0.1) is 11.7 Å². The largest absolute Gasteiger partial charge is 0.348 e. The Morgan fingerprint density at radius 2 is 1.94 bits per heavy atom. The number of fused-ring (bicyclic) bond motifs is 1. The topological polar surface area (TPSA) is 75.4 Å². The molecule has 8 heteroatoms. The van der Waals surface area contributed by atoms with E-state index in [-0.39, 0.29) is 23.8 Å². The van der Waals surface area contributed by atoms with E-state index in [9.17, 15) is 4.79 Å². The van der Waals surface area contributed by atoms with Crippen LogP contribution in [0, 0.1) is 5.92 Å². The van der Waals surface area contributed by atoms with Crippen LogP contribution >= 0.6 is 11.6 Å². The monoisotopic (exact) mass is 498 g/mol. The van der Waals surface area contributed by atoms with Gasteiger partial charge in [-0.25, -0.2) is 15.0 Å². The van der Waals surface area contributed by atoms with Crippen molar-refractivity contribution in [2.45, 2.75) is 50.0 Å². The van der Waals surface area contributed by atoms with Gasteiger partial charge in [0.2, 0.25) is 5.91 Å². The lowest BCUT2D eigenvalue weighted by atomic mass is 10.1. The van der Waals surface area contributed by atoms with Gasteiger partial charge < -0.3 is 14.6 Å². The molecule has 2 saturated carbocycles. The van der Waals surface area contributed by atoms with Crippen LogP contribution in [0.4, 0.5) is 11.6 Å². The van der Waals surface area contributed by atoms with Gasteiger partial charge in [-0.1, -0.05) is 29.8 Å². The summed E-state index contributed by atoms with van der Waals surface area (Å²) in [5.74, 6) is 2.23. The normalized spacial score (nSPS) is 23.2. The number of aromatic nitrogens is 4. The summed E-state index contributed by atoms with van der Waals surface area (Å²) in [5, 5.41) is 3.71. The Hall–Kier alpha value is -3.45. The maximum Gasteiger partial charge on any atom is 0.229 e. The minimum Gasteiger partial charge on any atom is -0.348 e. The van der Waals surface area contributed by atoms with Crippen molar-refractivity contribution in [3.8, 4) is 0 Å². The van der Waals surface area contributed by atoms with E-state index in [4.69, 9.17) is 16.6 Å². The number of pyridine rings is 1. The van der Waals surface area contributed by atoms with Crippen LogP contribution in [-0.2, 0) is 4.79 Å². The van der Waals surface area contributed by atoms with Crippen molar-refractivity contribution in [2.75, 3.05) is 16.8 Å². The molecule has 4 aromatic rings. The molecule has 0 radical (unpaired) electrons. The molecule has 3 fully saturated rings. The summed E-state index contributed by atoms with van der Waals surface area (Å²) < 4.78 is 2.16. The Bertz CT molecular complexity index is 1460. The highest BCUT2D eigenvalue weighted by Crippen LogP contribution is 2.48. The Kier molecular flexibility index (Phi) is 5.20. The van der Waals surface area contributed by atoms with Gasteiger partial charge in [-0.05, 0) is 73.3 Å². The third kappa shape index (κ3) is 4.11. The highest BCUT2D eigenvalue weighted by atomic mass is 35.5. The fraction of sp³-hybridized carbons (Fsp3) is 0.357. The maximum absolute atomic E-state index is 12.9. The van der Waals surface area contributed by atoms with E-state index in [1.165, 1.54) is 24.7 Å². The van der Waals surface area contributed by atoms with Gasteiger partial charge in [-0.15, -0.1) is 0 Å². The summed E-state index contributed by atoms with van der Waals surface area (Å²) in [6.45, 7) is 0.899.